The Labute approximate surface area is 127 Å². The monoisotopic (exact) mass is 309 g/mol. The highest BCUT2D eigenvalue weighted by molar-refractivity contribution is 7.99. The Balaban J connectivity index is 1.49. The van der Waals surface area contributed by atoms with E-state index in [-0.39, 0.29) is 0 Å². The number of thioether (sulfide) groups is 1. The van der Waals surface area contributed by atoms with Gasteiger partial charge in [-0.2, -0.15) is 0 Å². The first-order chi connectivity index (χ1) is 9.92. The van der Waals surface area contributed by atoms with E-state index in [0.717, 1.165) is 24.0 Å². The molecule has 1 saturated heterocycles. The van der Waals surface area contributed by atoms with E-state index in [0.29, 0.717) is 0 Å². The summed E-state index contributed by atoms with van der Waals surface area (Å²) in [5.41, 5.74) is 0. The second-order valence-electron chi connectivity index (χ2n) is 4.95. The number of thiophene rings is 1. The molecule has 0 aliphatic carbocycles. The predicted octanol–water partition coefficient (Wildman–Crippen LogP) is 2.36. The lowest BCUT2D eigenvalue weighted by Crippen LogP contribution is -2.31. The van der Waals surface area contributed by atoms with Crippen LogP contribution >= 0.6 is 23.1 Å². The molecular weight excluding hydrogens is 290 g/mol. The molecule has 2 aromatic heterocycles. The molecular formula is C13H19N5S2. The van der Waals surface area contributed by atoms with Gasteiger partial charge in [-0.3, -0.25) is 0 Å². The molecule has 2 aromatic rings. The molecule has 0 amide bonds. The maximum atomic E-state index is 4.13. The Morgan fingerprint density at radius 2 is 2.15 bits per heavy atom. The highest BCUT2D eigenvalue weighted by Gasteiger charge is 2.12. The molecule has 108 valence electrons. The first-order valence-electron chi connectivity index (χ1n) is 7.05. The van der Waals surface area contributed by atoms with Crippen molar-refractivity contribution in [3.63, 3.8) is 0 Å². The van der Waals surface area contributed by atoms with E-state index < -0.39 is 0 Å². The molecule has 20 heavy (non-hydrogen) atoms. The number of likely N-dealkylation sites (tertiary alicyclic amines) is 1. The predicted molar refractivity (Wildman–Crippen MR) is 82.3 cm³/mol. The fourth-order valence-electron chi connectivity index (χ4n) is 2.40. The molecule has 1 fully saturated rings. The quantitative estimate of drug-likeness (QED) is 0.767. The van der Waals surface area contributed by atoms with Crippen LogP contribution < -0.4 is 0 Å². The maximum Gasteiger partial charge on any atom is 0.209 e. The Morgan fingerprint density at radius 3 is 2.95 bits per heavy atom. The summed E-state index contributed by atoms with van der Waals surface area (Å²) in [6.07, 6.45) is 4.09. The summed E-state index contributed by atoms with van der Waals surface area (Å²) in [5, 5.41) is 15.0. The lowest BCUT2D eigenvalue weighted by atomic mass is 10.1. The summed E-state index contributed by atoms with van der Waals surface area (Å²) in [4.78, 5) is 3.83. The summed E-state index contributed by atoms with van der Waals surface area (Å²) in [7, 11) is 0. The minimum Gasteiger partial charge on any atom is -0.303 e. The van der Waals surface area contributed by atoms with Gasteiger partial charge in [0, 0.05) is 17.2 Å². The van der Waals surface area contributed by atoms with Gasteiger partial charge in [-0.05, 0) is 47.8 Å². The van der Waals surface area contributed by atoms with Crippen LogP contribution in [0.3, 0.4) is 0 Å². The van der Waals surface area contributed by atoms with E-state index in [4.69, 9.17) is 0 Å². The van der Waals surface area contributed by atoms with Crippen molar-refractivity contribution in [3.8, 4) is 0 Å². The Hall–Kier alpha value is -0.920. The van der Waals surface area contributed by atoms with Gasteiger partial charge in [-0.15, -0.1) is 16.4 Å². The van der Waals surface area contributed by atoms with Crippen LogP contribution in [0.4, 0.5) is 0 Å². The second-order valence-corrected chi connectivity index (χ2v) is 7.04. The summed E-state index contributed by atoms with van der Waals surface area (Å²) in [6, 6.07) is 4.18. The Bertz CT molecular complexity index is 505. The number of tetrazole rings is 1. The SMILES string of the molecule is c1csc(Cn2nnnc2SCCN2CCCCC2)c1. The summed E-state index contributed by atoms with van der Waals surface area (Å²) in [5.74, 6) is 1.06. The normalized spacial score (nSPS) is 16.6. The minimum atomic E-state index is 0.775. The summed E-state index contributed by atoms with van der Waals surface area (Å²) in [6.45, 7) is 4.41. The Kier molecular flexibility index (Phi) is 5.05. The van der Waals surface area contributed by atoms with Crippen LogP contribution in [-0.2, 0) is 6.54 Å². The average Bonchev–Trinajstić information content (AvgIpc) is 3.13. The molecule has 5 nitrogen and oxygen atoms in total. The number of hydrogen-bond acceptors (Lipinski definition) is 6. The van der Waals surface area contributed by atoms with Gasteiger partial charge in [0.05, 0.1) is 6.54 Å². The van der Waals surface area contributed by atoms with Crippen LogP contribution in [-0.4, -0.2) is 50.5 Å². The molecule has 7 heteroatoms. The highest BCUT2D eigenvalue weighted by atomic mass is 32.2. The van der Waals surface area contributed by atoms with Crippen LogP contribution in [0, 0.1) is 0 Å². The molecule has 0 N–H and O–H groups in total. The van der Waals surface area contributed by atoms with Crippen LogP contribution in [0.5, 0.6) is 0 Å². The van der Waals surface area contributed by atoms with E-state index in [1.165, 1.54) is 37.2 Å². The van der Waals surface area contributed by atoms with E-state index in [2.05, 4.69) is 37.9 Å². The zero-order valence-electron chi connectivity index (χ0n) is 11.4. The van der Waals surface area contributed by atoms with Gasteiger partial charge < -0.3 is 4.90 Å². The largest absolute Gasteiger partial charge is 0.303 e. The van der Waals surface area contributed by atoms with E-state index in [9.17, 15) is 0 Å². The summed E-state index contributed by atoms with van der Waals surface area (Å²) < 4.78 is 1.90. The molecule has 0 unspecified atom stereocenters. The van der Waals surface area contributed by atoms with Crippen LogP contribution in [0.1, 0.15) is 24.1 Å². The van der Waals surface area contributed by atoms with Crippen LogP contribution in [0.2, 0.25) is 0 Å². The van der Waals surface area contributed by atoms with Crippen molar-refractivity contribution in [1.82, 2.24) is 25.1 Å². The van der Waals surface area contributed by atoms with Gasteiger partial charge >= 0.3 is 0 Å². The van der Waals surface area contributed by atoms with E-state index in [1.807, 2.05) is 4.68 Å². The van der Waals surface area contributed by atoms with Crippen LogP contribution in [0.25, 0.3) is 0 Å². The summed E-state index contributed by atoms with van der Waals surface area (Å²) >= 11 is 3.50. The average molecular weight is 309 g/mol. The first kappa shape index (κ1) is 14.0. The smallest absolute Gasteiger partial charge is 0.209 e. The zero-order valence-corrected chi connectivity index (χ0v) is 13.1. The number of piperidine rings is 1. The standard InChI is InChI=1S/C13H19N5S2/c1-2-6-17(7-3-1)8-10-20-13-14-15-16-18(13)11-12-5-4-9-19-12/h4-5,9H,1-3,6-8,10-11H2. The van der Waals surface area contributed by atoms with Crippen molar-refractivity contribution in [2.45, 2.75) is 31.0 Å². The van der Waals surface area contributed by atoms with Crippen molar-refractivity contribution in [1.29, 1.82) is 0 Å². The Morgan fingerprint density at radius 1 is 1.25 bits per heavy atom. The lowest BCUT2D eigenvalue weighted by molar-refractivity contribution is 0.242. The highest BCUT2D eigenvalue weighted by Crippen LogP contribution is 2.18. The third kappa shape index (κ3) is 3.80. The molecule has 0 bridgehead atoms. The minimum absolute atomic E-state index is 0.775. The molecule has 3 rings (SSSR count). The number of rotatable bonds is 6. The van der Waals surface area contributed by atoms with E-state index >= 15 is 0 Å². The third-order valence-electron chi connectivity index (χ3n) is 3.47. The van der Waals surface area contributed by atoms with Gasteiger partial charge in [0.1, 0.15) is 0 Å². The van der Waals surface area contributed by atoms with Crippen LogP contribution in [0.15, 0.2) is 22.7 Å². The molecule has 0 spiro atoms. The topological polar surface area (TPSA) is 46.8 Å². The molecule has 1 aliphatic rings. The molecule has 1 aliphatic heterocycles. The van der Waals surface area contributed by atoms with Crippen molar-refractivity contribution in [3.05, 3.63) is 22.4 Å². The van der Waals surface area contributed by atoms with Gasteiger partial charge in [-0.1, -0.05) is 24.2 Å². The number of aromatic nitrogens is 4. The van der Waals surface area contributed by atoms with E-state index in [1.54, 1.807) is 23.1 Å². The molecule has 0 saturated carbocycles. The fourth-order valence-corrected chi connectivity index (χ4v) is 3.96. The third-order valence-corrected chi connectivity index (χ3v) is 5.27. The maximum absolute atomic E-state index is 4.13. The van der Waals surface area contributed by atoms with Crippen molar-refractivity contribution in [2.24, 2.45) is 0 Å². The van der Waals surface area contributed by atoms with Gasteiger partial charge in [0.25, 0.3) is 0 Å². The van der Waals surface area contributed by atoms with Gasteiger partial charge in [-0.25, -0.2) is 4.68 Å². The van der Waals surface area contributed by atoms with Crippen molar-refractivity contribution < 1.29 is 0 Å². The van der Waals surface area contributed by atoms with Gasteiger partial charge in [0.15, 0.2) is 0 Å². The second kappa shape index (κ2) is 7.19. The zero-order chi connectivity index (χ0) is 13.6. The molecule has 0 radical (unpaired) electrons. The fraction of sp³-hybridized carbons (Fsp3) is 0.615. The molecule has 0 aromatic carbocycles. The number of hydrogen-bond donors (Lipinski definition) is 0. The lowest BCUT2D eigenvalue weighted by Gasteiger charge is -2.25. The number of nitrogens with zero attached hydrogens (tertiary/aromatic N) is 5. The van der Waals surface area contributed by atoms with Gasteiger partial charge in [0.2, 0.25) is 5.16 Å². The molecule has 0 atom stereocenters. The van der Waals surface area contributed by atoms with Crippen molar-refractivity contribution in [2.75, 3.05) is 25.4 Å². The molecule has 3 heterocycles. The van der Waals surface area contributed by atoms with Crippen molar-refractivity contribution >= 4 is 23.1 Å². The first-order valence-corrected chi connectivity index (χ1v) is 8.92.